The van der Waals surface area contributed by atoms with Crippen molar-refractivity contribution in [2.75, 3.05) is 31.1 Å². The lowest BCUT2D eigenvalue weighted by molar-refractivity contribution is -0.123. The molecule has 1 heterocycles. The monoisotopic (exact) mass is 329 g/mol. The zero-order valence-corrected chi connectivity index (χ0v) is 14.6. The van der Waals surface area contributed by atoms with Gasteiger partial charge in [0.15, 0.2) is 0 Å². The predicted octanol–water partition coefficient (Wildman–Crippen LogP) is 2.33. The van der Waals surface area contributed by atoms with Gasteiger partial charge in [-0.3, -0.25) is 9.69 Å². The van der Waals surface area contributed by atoms with Crippen LogP contribution in [0, 0.1) is 24.2 Å². The number of carbonyl (C=O) groups excluding carboxylic acids is 1. The number of amides is 1. The number of likely N-dealkylation sites (tertiary alicyclic amines) is 1. The molecule has 0 bridgehead atoms. The molecule has 1 fully saturated rings. The summed E-state index contributed by atoms with van der Waals surface area (Å²) in [5, 5.41) is 18.2. The zero-order chi connectivity index (χ0) is 17.5. The van der Waals surface area contributed by atoms with Gasteiger partial charge in [0.05, 0.1) is 18.5 Å². The third-order valence-electron chi connectivity index (χ3n) is 4.87. The Kier molecular flexibility index (Phi) is 6.77. The summed E-state index contributed by atoms with van der Waals surface area (Å²) in [6, 6.07) is 9.76. The predicted molar refractivity (Wildman–Crippen MR) is 94.6 cm³/mol. The Morgan fingerprint density at radius 3 is 2.54 bits per heavy atom. The van der Waals surface area contributed by atoms with E-state index in [4.69, 9.17) is 5.26 Å². The molecule has 1 unspecified atom stereocenters. The zero-order valence-electron chi connectivity index (χ0n) is 14.6. The SMILES string of the molecule is Cc1ccc(N(CCC#N)C(=O)C(C)N2CCC(CO)CC2)cc1. The summed E-state index contributed by atoms with van der Waals surface area (Å²) in [7, 11) is 0. The maximum absolute atomic E-state index is 13.0. The largest absolute Gasteiger partial charge is 0.396 e. The van der Waals surface area contributed by atoms with E-state index >= 15 is 0 Å². The summed E-state index contributed by atoms with van der Waals surface area (Å²) >= 11 is 0. The molecule has 0 aliphatic carbocycles. The molecule has 24 heavy (non-hydrogen) atoms. The van der Waals surface area contributed by atoms with Crippen LogP contribution in [0.15, 0.2) is 24.3 Å². The number of benzene rings is 1. The molecule has 1 aromatic carbocycles. The van der Waals surface area contributed by atoms with Crippen LogP contribution in [0.2, 0.25) is 0 Å². The molecule has 1 amide bonds. The van der Waals surface area contributed by atoms with E-state index < -0.39 is 0 Å². The second kappa shape index (κ2) is 8.81. The van der Waals surface area contributed by atoms with Crippen LogP contribution in [0.1, 0.15) is 31.7 Å². The fraction of sp³-hybridized carbons (Fsp3) is 0.579. The molecule has 0 spiro atoms. The minimum Gasteiger partial charge on any atom is -0.396 e. The van der Waals surface area contributed by atoms with Crippen molar-refractivity contribution in [2.45, 2.75) is 39.2 Å². The first-order valence-corrected chi connectivity index (χ1v) is 8.66. The minimum absolute atomic E-state index is 0.0385. The summed E-state index contributed by atoms with van der Waals surface area (Å²) in [5.41, 5.74) is 1.99. The molecule has 1 saturated heterocycles. The molecule has 1 aliphatic heterocycles. The third-order valence-corrected chi connectivity index (χ3v) is 4.87. The molecule has 5 heteroatoms. The van der Waals surface area contributed by atoms with Crippen molar-refractivity contribution < 1.29 is 9.90 Å². The quantitative estimate of drug-likeness (QED) is 0.870. The number of hydrogen-bond acceptors (Lipinski definition) is 4. The number of piperidine rings is 1. The maximum Gasteiger partial charge on any atom is 0.244 e. The van der Waals surface area contributed by atoms with Crippen LogP contribution in [-0.2, 0) is 4.79 Å². The molecule has 0 aromatic heterocycles. The van der Waals surface area contributed by atoms with Crippen LogP contribution >= 0.6 is 0 Å². The third kappa shape index (κ3) is 4.56. The maximum atomic E-state index is 13.0. The Labute approximate surface area is 144 Å². The Balaban J connectivity index is 2.09. The fourth-order valence-electron chi connectivity index (χ4n) is 3.16. The summed E-state index contributed by atoms with van der Waals surface area (Å²) < 4.78 is 0. The highest BCUT2D eigenvalue weighted by Crippen LogP contribution is 2.22. The van der Waals surface area contributed by atoms with Crippen LogP contribution < -0.4 is 4.90 Å². The number of anilines is 1. The Hall–Kier alpha value is -1.90. The second-order valence-electron chi connectivity index (χ2n) is 6.57. The molecule has 2 rings (SSSR count). The number of nitrogens with zero attached hydrogens (tertiary/aromatic N) is 3. The van der Waals surface area contributed by atoms with Crippen LogP contribution in [0.5, 0.6) is 0 Å². The molecule has 0 saturated carbocycles. The van der Waals surface area contributed by atoms with E-state index in [0.29, 0.717) is 18.9 Å². The molecular formula is C19H27N3O2. The van der Waals surface area contributed by atoms with Gasteiger partial charge in [0, 0.05) is 18.8 Å². The van der Waals surface area contributed by atoms with Gasteiger partial charge in [0.25, 0.3) is 0 Å². The normalized spacial score (nSPS) is 17.2. The highest BCUT2D eigenvalue weighted by atomic mass is 16.3. The van der Waals surface area contributed by atoms with Gasteiger partial charge in [-0.1, -0.05) is 17.7 Å². The van der Waals surface area contributed by atoms with Crippen molar-refractivity contribution in [2.24, 2.45) is 5.92 Å². The van der Waals surface area contributed by atoms with Gasteiger partial charge in [0.1, 0.15) is 0 Å². The van der Waals surface area contributed by atoms with Gasteiger partial charge in [-0.2, -0.15) is 5.26 Å². The summed E-state index contributed by atoms with van der Waals surface area (Å²) in [6.07, 6.45) is 2.17. The van der Waals surface area contributed by atoms with Crippen molar-refractivity contribution in [3.05, 3.63) is 29.8 Å². The minimum atomic E-state index is -0.218. The summed E-state index contributed by atoms with van der Waals surface area (Å²) in [6.45, 7) is 6.26. The molecule has 130 valence electrons. The number of aliphatic hydroxyl groups is 1. The van der Waals surface area contributed by atoms with E-state index in [2.05, 4.69) is 11.0 Å². The summed E-state index contributed by atoms with van der Waals surface area (Å²) in [5.74, 6) is 0.395. The van der Waals surface area contributed by atoms with Crippen molar-refractivity contribution in [1.82, 2.24) is 4.90 Å². The number of hydrogen-bond donors (Lipinski definition) is 1. The molecule has 1 atom stereocenters. The molecule has 1 aliphatic rings. The first kappa shape index (κ1) is 18.4. The van der Waals surface area contributed by atoms with Crippen molar-refractivity contribution in [3.63, 3.8) is 0 Å². The van der Waals surface area contributed by atoms with E-state index in [1.54, 1.807) is 4.90 Å². The van der Waals surface area contributed by atoms with Crippen LogP contribution in [0.3, 0.4) is 0 Å². The number of aliphatic hydroxyl groups excluding tert-OH is 1. The molecule has 1 aromatic rings. The Morgan fingerprint density at radius 2 is 2.00 bits per heavy atom. The van der Waals surface area contributed by atoms with Crippen molar-refractivity contribution in [3.8, 4) is 6.07 Å². The van der Waals surface area contributed by atoms with Crippen molar-refractivity contribution >= 4 is 11.6 Å². The van der Waals surface area contributed by atoms with Gasteiger partial charge in [0.2, 0.25) is 5.91 Å². The first-order valence-electron chi connectivity index (χ1n) is 8.66. The van der Waals surface area contributed by atoms with Crippen LogP contribution in [0.4, 0.5) is 5.69 Å². The van der Waals surface area contributed by atoms with E-state index in [0.717, 1.165) is 37.2 Å². The average molecular weight is 329 g/mol. The smallest absolute Gasteiger partial charge is 0.244 e. The van der Waals surface area contributed by atoms with E-state index in [1.165, 1.54) is 0 Å². The molecule has 5 nitrogen and oxygen atoms in total. The topological polar surface area (TPSA) is 67.6 Å². The van der Waals surface area contributed by atoms with Gasteiger partial charge in [-0.25, -0.2) is 0 Å². The van der Waals surface area contributed by atoms with Gasteiger partial charge >= 0.3 is 0 Å². The molecule has 1 N–H and O–H groups in total. The van der Waals surface area contributed by atoms with Crippen molar-refractivity contribution in [1.29, 1.82) is 5.26 Å². The number of aryl methyl sites for hydroxylation is 1. The highest BCUT2D eigenvalue weighted by molar-refractivity contribution is 5.97. The second-order valence-corrected chi connectivity index (χ2v) is 6.57. The molecule has 0 radical (unpaired) electrons. The Bertz CT molecular complexity index is 571. The molecular weight excluding hydrogens is 302 g/mol. The van der Waals surface area contributed by atoms with E-state index in [1.807, 2.05) is 38.1 Å². The number of nitriles is 1. The lowest BCUT2D eigenvalue weighted by Gasteiger charge is -2.37. The highest BCUT2D eigenvalue weighted by Gasteiger charge is 2.29. The number of rotatable bonds is 6. The Morgan fingerprint density at radius 1 is 1.38 bits per heavy atom. The van der Waals surface area contributed by atoms with Gasteiger partial charge in [-0.05, 0) is 57.8 Å². The lowest BCUT2D eigenvalue weighted by atomic mass is 9.96. The lowest BCUT2D eigenvalue weighted by Crippen LogP contribution is -2.50. The standard InChI is InChI=1S/C19H27N3O2/c1-15-4-6-18(7-5-15)22(11-3-10-20)19(24)16(2)21-12-8-17(14-23)9-13-21/h4-7,16-17,23H,3,8-9,11-14H2,1-2H3. The number of carbonyl (C=O) groups is 1. The van der Waals surface area contributed by atoms with Gasteiger partial charge < -0.3 is 10.0 Å². The first-order chi connectivity index (χ1) is 11.6. The van der Waals surface area contributed by atoms with Crippen LogP contribution in [0.25, 0.3) is 0 Å². The summed E-state index contributed by atoms with van der Waals surface area (Å²) in [4.78, 5) is 16.9. The fourth-order valence-corrected chi connectivity index (χ4v) is 3.16. The van der Waals surface area contributed by atoms with E-state index in [-0.39, 0.29) is 18.6 Å². The van der Waals surface area contributed by atoms with Gasteiger partial charge in [-0.15, -0.1) is 0 Å². The van der Waals surface area contributed by atoms with E-state index in [9.17, 15) is 9.90 Å². The van der Waals surface area contributed by atoms with Crippen LogP contribution in [-0.4, -0.2) is 48.2 Å². The average Bonchev–Trinajstić information content (AvgIpc) is 2.62.